The van der Waals surface area contributed by atoms with Crippen molar-refractivity contribution in [3.8, 4) is 0 Å². The second kappa shape index (κ2) is 9.78. The van der Waals surface area contributed by atoms with Crippen LogP contribution in [0.5, 0.6) is 0 Å². The molecule has 32 heavy (non-hydrogen) atoms. The van der Waals surface area contributed by atoms with Crippen LogP contribution in [0.15, 0.2) is 54.7 Å². The van der Waals surface area contributed by atoms with Gasteiger partial charge in [-0.15, -0.1) is 0 Å². The van der Waals surface area contributed by atoms with Crippen LogP contribution in [0.1, 0.15) is 31.9 Å². The van der Waals surface area contributed by atoms with Gasteiger partial charge < -0.3 is 20.4 Å². The molecule has 0 aliphatic heterocycles. The zero-order chi connectivity index (χ0) is 23.3. The van der Waals surface area contributed by atoms with Gasteiger partial charge in [0.15, 0.2) is 0 Å². The maximum atomic E-state index is 12.4. The minimum Gasteiger partial charge on any atom is -0.444 e. The van der Waals surface area contributed by atoms with Crippen LogP contribution in [0.4, 0.5) is 10.5 Å². The maximum Gasteiger partial charge on any atom is 0.408 e. The third-order valence-corrected chi connectivity index (χ3v) is 5.15. The Kier molecular flexibility index (Phi) is 7.09. The third-order valence-electron chi connectivity index (χ3n) is 4.72. The highest BCUT2D eigenvalue weighted by Crippen LogP contribution is 2.20. The predicted molar refractivity (Wildman–Crippen MR) is 128 cm³/mol. The standard InChI is InChI=1S/C23H26N4O4S/c1-23(2,3)31-22(28)26-20(12-16-14-24-19-7-5-4-6-18(16)19)21(32)25-13-15-8-10-17(11-9-15)27(29)30/h4-11,14,20,24H,12-13H2,1-3H3,(H,25,32)(H,26,28)/t20-/m1/s1. The van der Waals surface area contributed by atoms with Gasteiger partial charge in [-0.3, -0.25) is 10.1 Å². The molecule has 1 amide bonds. The fourth-order valence-electron chi connectivity index (χ4n) is 3.23. The minimum absolute atomic E-state index is 0.0279. The van der Waals surface area contributed by atoms with Crippen LogP contribution in [0.25, 0.3) is 10.9 Å². The van der Waals surface area contributed by atoms with Crippen molar-refractivity contribution in [2.45, 2.75) is 45.4 Å². The molecule has 0 saturated carbocycles. The number of H-pyrrole nitrogens is 1. The molecule has 0 radical (unpaired) electrons. The largest absolute Gasteiger partial charge is 0.444 e. The Labute approximate surface area is 191 Å². The lowest BCUT2D eigenvalue weighted by atomic mass is 10.0. The summed E-state index contributed by atoms with van der Waals surface area (Å²) in [4.78, 5) is 26.5. The van der Waals surface area contributed by atoms with Crippen molar-refractivity contribution in [1.82, 2.24) is 15.6 Å². The molecular formula is C23H26N4O4S. The molecule has 2 aromatic carbocycles. The molecule has 0 spiro atoms. The molecule has 1 heterocycles. The minimum atomic E-state index is -0.636. The number of rotatable bonds is 7. The van der Waals surface area contributed by atoms with Crippen LogP contribution in [0.3, 0.4) is 0 Å². The fraction of sp³-hybridized carbons (Fsp3) is 0.304. The molecule has 0 unspecified atom stereocenters. The lowest BCUT2D eigenvalue weighted by Gasteiger charge is -2.24. The molecule has 9 heteroatoms. The van der Waals surface area contributed by atoms with E-state index in [4.69, 9.17) is 17.0 Å². The molecular weight excluding hydrogens is 428 g/mol. The number of nitro groups is 1. The van der Waals surface area contributed by atoms with Gasteiger partial charge >= 0.3 is 6.09 Å². The van der Waals surface area contributed by atoms with Gasteiger partial charge in [0.2, 0.25) is 0 Å². The van der Waals surface area contributed by atoms with Gasteiger partial charge in [-0.1, -0.05) is 42.5 Å². The van der Waals surface area contributed by atoms with Gasteiger partial charge in [0.05, 0.1) is 16.0 Å². The lowest BCUT2D eigenvalue weighted by Crippen LogP contribution is -2.48. The smallest absolute Gasteiger partial charge is 0.408 e. The molecule has 1 aromatic heterocycles. The highest BCUT2D eigenvalue weighted by atomic mass is 32.1. The quantitative estimate of drug-likeness (QED) is 0.273. The monoisotopic (exact) mass is 454 g/mol. The third kappa shape index (κ3) is 6.27. The molecule has 3 N–H and O–H groups in total. The van der Waals surface area contributed by atoms with Crippen LogP contribution >= 0.6 is 12.2 Å². The number of hydrogen-bond acceptors (Lipinski definition) is 5. The Bertz CT molecular complexity index is 1120. The van der Waals surface area contributed by atoms with Gasteiger partial charge in [0.1, 0.15) is 5.60 Å². The summed E-state index contributed by atoms with van der Waals surface area (Å²) in [7, 11) is 0. The Hall–Kier alpha value is -3.46. The van der Waals surface area contributed by atoms with E-state index < -0.39 is 22.7 Å². The number of aromatic nitrogens is 1. The number of amides is 1. The van der Waals surface area contributed by atoms with E-state index in [2.05, 4.69) is 15.6 Å². The van der Waals surface area contributed by atoms with E-state index in [9.17, 15) is 14.9 Å². The molecule has 0 fully saturated rings. The average Bonchev–Trinajstić information content (AvgIpc) is 3.13. The van der Waals surface area contributed by atoms with Crippen LogP contribution in [-0.4, -0.2) is 32.6 Å². The van der Waals surface area contributed by atoms with Crippen LogP contribution < -0.4 is 10.6 Å². The first-order valence-electron chi connectivity index (χ1n) is 10.2. The van der Waals surface area contributed by atoms with E-state index in [0.29, 0.717) is 18.0 Å². The molecule has 8 nitrogen and oxygen atoms in total. The highest BCUT2D eigenvalue weighted by molar-refractivity contribution is 7.80. The van der Waals surface area contributed by atoms with Crippen molar-refractivity contribution in [3.05, 3.63) is 76.0 Å². The lowest BCUT2D eigenvalue weighted by molar-refractivity contribution is -0.384. The number of nitro benzene ring substituents is 1. The van der Waals surface area contributed by atoms with E-state index in [1.165, 1.54) is 12.1 Å². The number of carbonyl (C=O) groups is 1. The van der Waals surface area contributed by atoms with Gasteiger partial charge in [0, 0.05) is 42.2 Å². The number of alkyl carbamates (subject to hydrolysis) is 1. The number of fused-ring (bicyclic) bond motifs is 1. The highest BCUT2D eigenvalue weighted by Gasteiger charge is 2.23. The number of aromatic amines is 1. The summed E-state index contributed by atoms with van der Waals surface area (Å²) in [5.74, 6) is 0. The van der Waals surface area contributed by atoms with E-state index >= 15 is 0 Å². The number of benzene rings is 2. The summed E-state index contributed by atoms with van der Waals surface area (Å²) < 4.78 is 5.41. The predicted octanol–water partition coefficient (Wildman–Crippen LogP) is 4.63. The van der Waals surface area contributed by atoms with Crippen LogP contribution in [0, 0.1) is 10.1 Å². The Morgan fingerprint density at radius 1 is 1.19 bits per heavy atom. The van der Waals surface area contributed by atoms with Crippen molar-refractivity contribution in [1.29, 1.82) is 0 Å². The molecule has 1 atom stereocenters. The zero-order valence-corrected chi connectivity index (χ0v) is 19.0. The normalized spacial score (nSPS) is 12.2. The summed E-state index contributed by atoms with van der Waals surface area (Å²) in [6.07, 6.45) is 1.82. The molecule has 3 aromatic rings. The van der Waals surface area contributed by atoms with E-state index in [1.54, 1.807) is 32.9 Å². The van der Waals surface area contributed by atoms with Crippen molar-refractivity contribution < 1.29 is 14.5 Å². The number of hydrogen-bond donors (Lipinski definition) is 3. The number of non-ortho nitro benzene ring substituents is 1. The number of para-hydroxylation sites is 1. The van der Waals surface area contributed by atoms with Gasteiger partial charge in [0.25, 0.3) is 5.69 Å². The first-order chi connectivity index (χ1) is 15.1. The SMILES string of the molecule is CC(C)(C)OC(=O)N[C@H](Cc1c[nH]c2ccccc12)C(=S)NCc1ccc([N+](=O)[O-])cc1. The summed E-state index contributed by atoms with van der Waals surface area (Å²) >= 11 is 5.60. The molecule has 168 valence electrons. The van der Waals surface area contributed by atoms with Gasteiger partial charge in [-0.25, -0.2) is 4.79 Å². The van der Waals surface area contributed by atoms with Gasteiger partial charge in [-0.05, 0) is 38.0 Å². The molecule has 0 aliphatic carbocycles. The molecule has 0 aliphatic rings. The van der Waals surface area contributed by atoms with Crippen LogP contribution in [0.2, 0.25) is 0 Å². The number of ether oxygens (including phenoxy) is 1. The second-order valence-electron chi connectivity index (χ2n) is 8.40. The summed E-state index contributed by atoms with van der Waals surface area (Å²) in [6, 6.07) is 13.6. The first-order valence-corrected chi connectivity index (χ1v) is 10.6. The average molecular weight is 455 g/mol. The molecule has 3 rings (SSSR count). The number of thiocarbonyl (C=S) groups is 1. The molecule has 0 saturated heterocycles. The van der Waals surface area contributed by atoms with Gasteiger partial charge in [-0.2, -0.15) is 0 Å². The summed E-state index contributed by atoms with van der Waals surface area (Å²) in [5.41, 5.74) is 2.24. The summed E-state index contributed by atoms with van der Waals surface area (Å²) in [6.45, 7) is 5.77. The number of nitrogens with zero attached hydrogens (tertiary/aromatic N) is 1. The maximum absolute atomic E-state index is 12.4. The van der Waals surface area contributed by atoms with Crippen molar-refractivity contribution in [2.75, 3.05) is 0 Å². The van der Waals surface area contributed by atoms with Crippen molar-refractivity contribution in [2.24, 2.45) is 0 Å². The fourth-order valence-corrected chi connectivity index (χ4v) is 3.44. The van der Waals surface area contributed by atoms with E-state index in [1.807, 2.05) is 30.5 Å². The van der Waals surface area contributed by atoms with E-state index in [-0.39, 0.29) is 5.69 Å². The topological polar surface area (TPSA) is 109 Å². The van der Waals surface area contributed by atoms with E-state index in [0.717, 1.165) is 22.0 Å². The Morgan fingerprint density at radius 3 is 2.53 bits per heavy atom. The Balaban J connectivity index is 1.73. The number of nitrogens with one attached hydrogen (secondary N) is 3. The van der Waals surface area contributed by atoms with Crippen molar-refractivity contribution in [3.63, 3.8) is 0 Å². The second-order valence-corrected chi connectivity index (χ2v) is 8.84. The zero-order valence-electron chi connectivity index (χ0n) is 18.2. The first kappa shape index (κ1) is 23.2. The van der Waals surface area contributed by atoms with Crippen molar-refractivity contribution >= 4 is 39.9 Å². The van der Waals surface area contributed by atoms with Crippen LogP contribution in [-0.2, 0) is 17.7 Å². The summed E-state index contributed by atoms with van der Waals surface area (Å²) in [5, 5.41) is 17.9. The molecule has 0 bridgehead atoms. The number of carbonyl (C=O) groups excluding carboxylic acids is 1. The Morgan fingerprint density at radius 2 is 1.88 bits per heavy atom.